The van der Waals surface area contributed by atoms with E-state index < -0.39 is 14.7 Å². The fraction of sp³-hybridized carbons (Fsp3) is 1.00. The number of rotatable bonds is 6. The Kier molecular flexibility index (Phi) is 5.46. The molecule has 0 aliphatic heterocycles. The topological polar surface area (TPSA) is 52.6 Å². The van der Waals surface area contributed by atoms with Crippen LogP contribution in [-0.2, 0) is 18.2 Å². The second kappa shape index (κ2) is 5.31. The second-order valence-electron chi connectivity index (χ2n) is 3.16. The first-order valence-corrected chi connectivity index (χ1v) is 8.76. The molecule has 6 heteroatoms. The van der Waals surface area contributed by atoms with Crippen LogP contribution in [0.1, 0.15) is 13.8 Å². The highest BCUT2D eigenvalue weighted by Crippen LogP contribution is 2.59. The molecular formula is C7H18O4P2. The lowest BCUT2D eigenvalue weighted by atomic mass is 10.9. The maximum absolute atomic E-state index is 11.8. The van der Waals surface area contributed by atoms with Gasteiger partial charge in [-0.1, -0.05) is 0 Å². The van der Waals surface area contributed by atoms with Crippen LogP contribution in [0.25, 0.3) is 0 Å². The van der Waals surface area contributed by atoms with E-state index in [1.165, 1.54) is 0 Å². The molecule has 0 N–H and O–H groups in total. The third kappa shape index (κ3) is 6.45. The first kappa shape index (κ1) is 13.4. The quantitative estimate of drug-likeness (QED) is 0.656. The Morgan fingerprint density at radius 3 is 1.62 bits per heavy atom. The predicted octanol–water partition coefficient (Wildman–Crippen LogP) is 2.83. The molecule has 0 rings (SSSR count). The Hall–Kier alpha value is 0.380. The zero-order valence-electron chi connectivity index (χ0n) is 8.65. The predicted molar refractivity (Wildman–Crippen MR) is 55.2 cm³/mol. The van der Waals surface area contributed by atoms with Gasteiger partial charge in [-0.2, -0.15) is 0 Å². The van der Waals surface area contributed by atoms with E-state index in [-0.39, 0.29) is 5.90 Å². The van der Waals surface area contributed by atoms with Crippen molar-refractivity contribution < 1.29 is 18.2 Å². The minimum absolute atomic E-state index is 0.0294. The minimum atomic E-state index is -3.10. The standard InChI is InChI=1S/C7H18O4P2/c1-5-10-13(9,11-6-2)7-12(3,4)8/h5-7H2,1-4H3. The van der Waals surface area contributed by atoms with Crippen LogP contribution in [0.4, 0.5) is 0 Å². The third-order valence-corrected chi connectivity index (χ3v) is 6.58. The fourth-order valence-electron chi connectivity index (χ4n) is 0.929. The average molecular weight is 228 g/mol. The molecule has 13 heavy (non-hydrogen) atoms. The number of hydrogen-bond acceptors (Lipinski definition) is 4. The molecule has 0 aliphatic rings. The van der Waals surface area contributed by atoms with Crippen LogP contribution in [0.2, 0.25) is 0 Å². The Balaban J connectivity index is 4.42. The summed E-state index contributed by atoms with van der Waals surface area (Å²) in [5, 5.41) is 0. The lowest BCUT2D eigenvalue weighted by Crippen LogP contribution is -2.00. The van der Waals surface area contributed by atoms with Crippen molar-refractivity contribution in [2.24, 2.45) is 0 Å². The SMILES string of the molecule is CCOP(=O)(CP(C)(C)=O)OCC. The molecule has 0 aliphatic carbocycles. The summed E-state index contributed by atoms with van der Waals surface area (Å²) in [5.41, 5.74) is 0. The first-order chi connectivity index (χ1) is 5.83. The van der Waals surface area contributed by atoms with Gasteiger partial charge >= 0.3 is 7.60 Å². The van der Waals surface area contributed by atoms with Gasteiger partial charge in [0.2, 0.25) is 0 Å². The lowest BCUT2D eigenvalue weighted by Gasteiger charge is -2.18. The summed E-state index contributed by atoms with van der Waals surface area (Å²) >= 11 is 0. The molecule has 4 nitrogen and oxygen atoms in total. The van der Waals surface area contributed by atoms with E-state index in [1.807, 2.05) is 0 Å². The van der Waals surface area contributed by atoms with Crippen molar-refractivity contribution >= 4 is 14.7 Å². The molecule has 0 aromatic rings. The Morgan fingerprint density at radius 2 is 1.38 bits per heavy atom. The first-order valence-electron chi connectivity index (χ1n) is 4.25. The van der Waals surface area contributed by atoms with Crippen LogP contribution in [-0.4, -0.2) is 32.4 Å². The van der Waals surface area contributed by atoms with Crippen molar-refractivity contribution in [3.63, 3.8) is 0 Å². The molecule has 0 aromatic carbocycles. The van der Waals surface area contributed by atoms with Gasteiger partial charge in [0, 0.05) is 0 Å². The highest BCUT2D eigenvalue weighted by Gasteiger charge is 2.29. The molecular weight excluding hydrogens is 210 g/mol. The molecule has 0 atom stereocenters. The van der Waals surface area contributed by atoms with Gasteiger partial charge in [0.25, 0.3) is 0 Å². The molecule has 0 saturated heterocycles. The van der Waals surface area contributed by atoms with Gasteiger partial charge in [0.05, 0.1) is 20.4 Å². The minimum Gasteiger partial charge on any atom is -0.323 e. The molecule has 0 unspecified atom stereocenters. The van der Waals surface area contributed by atoms with Crippen LogP contribution < -0.4 is 0 Å². The summed E-state index contributed by atoms with van der Waals surface area (Å²) in [6.07, 6.45) is 0. The van der Waals surface area contributed by atoms with E-state index in [0.29, 0.717) is 13.2 Å². The highest BCUT2D eigenvalue weighted by atomic mass is 31.2. The molecule has 0 spiro atoms. The molecule has 0 bridgehead atoms. The van der Waals surface area contributed by atoms with Crippen molar-refractivity contribution in [2.75, 3.05) is 32.4 Å². The average Bonchev–Trinajstić information content (AvgIpc) is 1.82. The largest absolute Gasteiger partial charge is 0.337 e. The van der Waals surface area contributed by atoms with Crippen LogP contribution >= 0.6 is 14.7 Å². The monoisotopic (exact) mass is 228 g/mol. The van der Waals surface area contributed by atoms with E-state index in [0.717, 1.165) is 0 Å². The van der Waals surface area contributed by atoms with Crippen LogP contribution in [0.15, 0.2) is 0 Å². The molecule has 0 heterocycles. The molecule has 0 fully saturated rings. The van der Waals surface area contributed by atoms with Crippen LogP contribution in [0, 0.1) is 0 Å². The van der Waals surface area contributed by atoms with Gasteiger partial charge in [0.1, 0.15) is 5.90 Å². The zero-order chi connectivity index (χ0) is 10.5. The van der Waals surface area contributed by atoms with Crippen molar-refractivity contribution in [2.45, 2.75) is 13.8 Å². The van der Waals surface area contributed by atoms with E-state index in [9.17, 15) is 9.13 Å². The van der Waals surface area contributed by atoms with Gasteiger partial charge in [-0.25, -0.2) is 0 Å². The highest BCUT2D eigenvalue weighted by molar-refractivity contribution is 7.75. The van der Waals surface area contributed by atoms with Crippen molar-refractivity contribution in [3.05, 3.63) is 0 Å². The molecule has 0 amide bonds. The van der Waals surface area contributed by atoms with Crippen molar-refractivity contribution in [1.29, 1.82) is 0 Å². The molecule has 0 aromatic heterocycles. The third-order valence-electron chi connectivity index (χ3n) is 1.17. The maximum Gasteiger partial charge on any atom is 0.337 e. The van der Waals surface area contributed by atoms with Gasteiger partial charge < -0.3 is 13.6 Å². The summed E-state index contributed by atoms with van der Waals surface area (Å²) in [5.74, 6) is 0.0294. The van der Waals surface area contributed by atoms with E-state index >= 15 is 0 Å². The van der Waals surface area contributed by atoms with Gasteiger partial charge in [0.15, 0.2) is 0 Å². The normalized spacial score (nSPS) is 13.2. The lowest BCUT2D eigenvalue weighted by molar-refractivity contribution is 0.224. The Labute approximate surface area is 79.9 Å². The molecule has 0 radical (unpaired) electrons. The van der Waals surface area contributed by atoms with Crippen molar-refractivity contribution in [3.8, 4) is 0 Å². The van der Waals surface area contributed by atoms with E-state index in [2.05, 4.69) is 0 Å². The summed E-state index contributed by atoms with van der Waals surface area (Å²) in [4.78, 5) is 0. The van der Waals surface area contributed by atoms with Crippen molar-refractivity contribution in [1.82, 2.24) is 0 Å². The Bertz CT molecular complexity index is 223. The summed E-state index contributed by atoms with van der Waals surface area (Å²) < 4.78 is 33.3. The van der Waals surface area contributed by atoms with E-state index in [4.69, 9.17) is 9.05 Å². The van der Waals surface area contributed by atoms with Gasteiger partial charge in [-0.05, 0) is 27.2 Å². The molecule has 0 saturated carbocycles. The fourth-order valence-corrected chi connectivity index (χ4v) is 5.78. The summed E-state index contributed by atoms with van der Waals surface area (Å²) in [6.45, 7) is 7.27. The Morgan fingerprint density at radius 1 is 1.00 bits per heavy atom. The van der Waals surface area contributed by atoms with Gasteiger partial charge in [-0.3, -0.25) is 4.57 Å². The summed E-state index contributed by atoms with van der Waals surface area (Å²) in [7, 11) is -5.46. The number of hydrogen-bond donors (Lipinski definition) is 0. The van der Waals surface area contributed by atoms with Gasteiger partial charge in [-0.15, -0.1) is 0 Å². The zero-order valence-corrected chi connectivity index (χ0v) is 10.4. The second-order valence-corrected chi connectivity index (χ2v) is 9.18. The van der Waals surface area contributed by atoms with E-state index in [1.54, 1.807) is 27.2 Å². The molecule has 80 valence electrons. The van der Waals surface area contributed by atoms with Crippen LogP contribution in [0.5, 0.6) is 0 Å². The maximum atomic E-state index is 11.8. The van der Waals surface area contributed by atoms with Crippen LogP contribution in [0.3, 0.4) is 0 Å². The summed E-state index contributed by atoms with van der Waals surface area (Å²) in [6, 6.07) is 0. The smallest absolute Gasteiger partial charge is 0.323 e.